The Labute approximate surface area is 142 Å². The normalized spacial score (nSPS) is 14.4. The summed E-state index contributed by atoms with van der Waals surface area (Å²) in [6.45, 7) is 0.940. The van der Waals surface area contributed by atoms with E-state index in [-0.39, 0.29) is 17.7 Å². The molecule has 3 aromatic rings. The molecule has 1 aliphatic heterocycles. The zero-order valence-electron chi connectivity index (χ0n) is 12.8. The molecular weight excluding hydrogens is 322 g/mol. The maximum atomic E-state index is 12.3. The molecule has 1 aromatic carbocycles. The maximum absolute atomic E-state index is 12.3. The molecule has 5 nitrogen and oxygen atoms in total. The first-order chi connectivity index (χ1) is 11.7. The number of benzene rings is 1. The Morgan fingerprint density at radius 2 is 2.04 bits per heavy atom. The summed E-state index contributed by atoms with van der Waals surface area (Å²) in [5, 5.41) is 5.79. The van der Waals surface area contributed by atoms with Gasteiger partial charge in [0.1, 0.15) is 0 Å². The topological polar surface area (TPSA) is 62.3 Å². The quantitative estimate of drug-likeness (QED) is 0.799. The van der Waals surface area contributed by atoms with Crippen LogP contribution in [0.25, 0.3) is 10.9 Å². The maximum Gasteiger partial charge on any atom is 0.263 e. The van der Waals surface area contributed by atoms with E-state index in [0.29, 0.717) is 13.1 Å². The molecule has 0 unspecified atom stereocenters. The van der Waals surface area contributed by atoms with Gasteiger partial charge >= 0.3 is 0 Å². The number of carbonyl (C=O) groups is 2. The predicted octanol–water partition coefficient (Wildman–Crippen LogP) is 3.01. The third kappa shape index (κ3) is 2.76. The van der Waals surface area contributed by atoms with Gasteiger partial charge in [0.25, 0.3) is 5.91 Å². The molecule has 0 atom stereocenters. The number of amides is 2. The second-order valence-electron chi connectivity index (χ2n) is 5.78. The van der Waals surface area contributed by atoms with Crippen LogP contribution in [0, 0.1) is 5.92 Å². The molecule has 2 amide bonds. The highest BCUT2D eigenvalue weighted by molar-refractivity contribution is 7.12. The van der Waals surface area contributed by atoms with Crippen LogP contribution in [0.3, 0.4) is 0 Å². The molecule has 1 fully saturated rings. The number of hydrogen-bond acceptors (Lipinski definition) is 4. The SMILES string of the molecule is O=C(Nc1ccc2ncccc2c1)C1CN(C(=O)c2cccs2)C1. The van der Waals surface area contributed by atoms with Gasteiger partial charge in [-0.3, -0.25) is 14.6 Å². The highest BCUT2D eigenvalue weighted by atomic mass is 32.1. The lowest BCUT2D eigenvalue weighted by Crippen LogP contribution is -2.54. The Morgan fingerprint density at radius 1 is 1.17 bits per heavy atom. The molecule has 0 aliphatic carbocycles. The molecule has 4 rings (SSSR count). The van der Waals surface area contributed by atoms with Gasteiger partial charge in [-0.25, -0.2) is 0 Å². The number of nitrogens with one attached hydrogen (secondary N) is 1. The van der Waals surface area contributed by atoms with E-state index < -0.39 is 0 Å². The molecule has 0 saturated carbocycles. The third-order valence-electron chi connectivity index (χ3n) is 4.14. The molecule has 2 aromatic heterocycles. The van der Waals surface area contributed by atoms with E-state index in [1.165, 1.54) is 11.3 Å². The van der Waals surface area contributed by atoms with Crippen LogP contribution in [-0.4, -0.2) is 34.8 Å². The molecule has 0 spiro atoms. The van der Waals surface area contributed by atoms with Crippen molar-refractivity contribution in [2.75, 3.05) is 18.4 Å². The fraction of sp³-hybridized carbons (Fsp3) is 0.167. The molecule has 1 saturated heterocycles. The van der Waals surface area contributed by atoms with Crippen molar-refractivity contribution in [3.8, 4) is 0 Å². The van der Waals surface area contributed by atoms with Crippen molar-refractivity contribution in [2.24, 2.45) is 5.92 Å². The molecule has 1 aliphatic rings. The van der Waals surface area contributed by atoms with Crippen LogP contribution in [0.15, 0.2) is 54.0 Å². The van der Waals surface area contributed by atoms with Crippen LogP contribution in [0.5, 0.6) is 0 Å². The summed E-state index contributed by atoms with van der Waals surface area (Å²) in [6.07, 6.45) is 1.74. The number of rotatable bonds is 3. The third-order valence-corrected chi connectivity index (χ3v) is 5.00. The lowest BCUT2D eigenvalue weighted by molar-refractivity contribution is -0.123. The van der Waals surface area contributed by atoms with Crippen molar-refractivity contribution < 1.29 is 9.59 Å². The molecule has 24 heavy (non-hydrogen) atoms. The van der Waals surface area contributed by atoms with E-state index in [1.54, 1.807) is 11.1 Å². The summed E-state index contributed by atoms with van der Waals surface area (Å²) in [7, 11) is 0. The van der Waals surface area contributed by atoms with Gasteiger partial charge in [0.15, 0.2) is 0 Å². The van der Waals surface area contributed by atoms with E-state index in [0.717, 1.165) is 21.5 Å². The lowest BCUT2D eigenvalue weighted by atomic mass is 9.98. The summed E-state index contributed by atoms with van der Waals surface area (Å²) >= 11 is 1.42. The Morgan fingerprint density at radius 3 is 2.83 bits per heavy atom. The molecule has 1 N–H and O–H groups in total. The molecule has 120 valence electrons. The summed E-state index contributed by atoms with van der Waals surface area (Å²) in [5.41, 5.74) is 1.65. The Bertz CT molecular complexity index is 902. The van der Waals surface area contributed by atoms with Crippen LogP contribution in [0.4, 0.5) is 5.69 Å². The van der Waals surface area contributed by atoms with Crippen molar-refractivity contribution in [2.45, 2.75) is 0 Å². The second kappa shape index (κ2) is 6.05. The standard InChI is InChI=1S/C18H15N3O2S/c22-17(13-10-21(11-13)18(23)16-4-2-8-24-16)20-14-5-6-15-12(9-14)3-1-7-19-15/h1-9,13H,10-11H2,(H,20,22). The van der Waals surface area contributed by atoms with Gasteiger partial charge in [-0.2, -0.15) is 0 Å². The van der Waals surface area contributed by atoms with Crippen LogP contribution in [0.1, 0.15) is 9.67 Å². The first kappa shape index (κ1) is 14.8. The number of nitrogens with zero attached hydrogens (tertiary/aromatic N) is 2. The lowest BCUT2D eigenvalue weighted by Gasteiger charge is -2.37. The minimum absolute atomic E-state index is 0.00540. The van der Waals surface area contributed by atoms with Crippen LogP contribution < -0.4 is 5.32 Å². The molecule has 3 heterocycles. The molecular formula is C18H15N3O2S. The summed E-state index contributed by atoms with van der Waals surface area (Å²) in [5.74, 6) is -0.196. The first-order valence-electron chi connectivity index (χ1n) is 7.69. The number of aromatic nitrogens is 1. The molecule has 6 heteroatoms. The largest absolute Gasteiger partial charge is 0.336 e. The van der Waals surface area contributed by atoms with Crippen molar-refractivity contribution in [3.63, 3.8) is 0 Å². The Hall–Kier alpha value is -2.73. The van der Waals surface area contributed by atoms with E-state index in [9.17, 15) is 9.59 Å². The van der Waals surface area contributed by atoms with Crippen molar-refractivity contribution in [1.29, 1.82) is 0 Å². The zero-order valence-corrected chi connectivity index (χ0v) is 13.6. The minimum Gasteiger partial charge on any atom is -0.336 e. The van der Waals surface area contributed by atoms with Crippen LogP contribution in [-0.2, 0) is 4.79 Å². The van der Waals surface area contributed by atoms with Gasteiger partial charge in [0.2, 0.25) is 5.91 Å². The summed E-state index contributed by atoms with van der Waals surface area (Å²) in [6, 6.07) is 13.1. The summed E-state index contributed by atoms with van der Waals surface area (Å²) in [4.78, 5) is 31.2. The van der Waals surface area contributed by atoms with E-state index >= 15 is 0 Å². The van der Waals surface area contributed by atoms with Gasteiger partial charge < -0.3 is 10.2 Å². The summed E-state index contributed by atoms with van der Waals surface area (Å²) < 4.78 is 0. The fourth-order valence-electron chi connectivity index (χ4n) is 2.76. The fourth-order valence-corrected chi connectivity index (χ4v) is 3.45. The number of anilines is 1. The predicted molar refractivity (Wildman–Crippen MR) is 94.1 cm³/mol. The van der Waals surface area contributed by atoms with Crippen molar-refractivity contribution in [3.05, 3.63) is 58.9 Å². The van der Waals surface area contributed by atoms with Gasteiger partial charge in [-0.1, -0.05) is 12.1 Å². The number of hydrogen-bond donors (Lipinski definition) is 1. The second-order valence-corrected chi connectivity index (χ2v) is 6.73. The average Bonchev–Trinajstić information content (AvgIpc) is 3.07. The number of fused-ring (bicyclic) bond motifs is 1. The smallest absolute Gasteiger partial charge is 0.263 e. The van der Waals surface area contributed by atoms with Gasteiger partial charge in [0.05, 0.1) is 16.3 Å². The van der Waals surface area contributed by atoms with E-state index in [1.807, 2.05) is 47.8 Å². The van der Waals surface area contributed by atoms with Gasteiger partial charge in [0, 0.05) is 30.4 Å². The first-order valence-corrected chi connectivity index (χ1v) is 8.57. The number of carbonyl (C=O) groups excluding carboxylic acids is 2. The Balaban J connectivity index is 1.38. The molecule has 0 radical (unpaired) electrons. The number of likely N-dealkylation sites (tertiary alicyclic amines) is 1. The van der Waals surface area contributed by atoms with E-state index in [4.69, 9.17) is 0 Å². The highest BCUT2D eigenvalue weighted by Crippen LogP contribution is 2.23. The van der Waals surface area contributed by atoms with Crippen LogP contribution in [0.2, 0.25) is 0 Å². The monoisotopic (exact) mass is 337 g/mol. The van der Waals surface area contributed by atoms with Gasteiger partial charge in [-0.15, -0.1) is 11.3 Å². The number of pyridine rings is 1. The Kier molecular flexibility index (Phi) is 3.74. The van der Waals surface area contributed by atoms with Crippen LogP contribution >= 0.6 is 11.3 Å². The van der Waals surface area contributed by atoms with Crippen molar-refractivity contribution >= 4 is 39.7 Å². The minimum atomic E-state index is -0.154. The van der Waals surface area contributed by atoms with E-state index in [2.05, 4.69) is 10.3 Å². The van der Waals surface area contributed by atoms with Gasteiger partial charge in [-0.05, 0) is 35.7 Å². The number of thiophene rings is 1. The average molecular weight is 337 g/mol. The highest BCUT2D eigenvalue weighted by Gasteiger charge is 2.36. The van der Waals surface area contributed by atoms with Crippen molar-refractivity contribution in [1.82, 2.24) is 9.88 Å². The molecule has 0 bridgehead atoms. The zero-order chi connectivity index (χ0) is 16.5.